The summed E-state index contributed by atoms with van der Waals surface area (Å²) in [5.74, 6) is 0.0871. The number of hydrogen-bond donors (Lipinski definition) is 2. The van der Waals surface area contributed by atoms with E-state index in [-0.39, 0.29) is 11.9 Å². The Morgan fingerprint density at radius 2 is 2.00 bits per heavy atom. The van der Waals surface area contributed by atoms with Crippen LogP contribution in [0, 0.1) is 0 Å². The fourth-order valence-electron chi connectivity index (χ4n) is 2.44. The second-order valence-electron chi connectivity index (χ2n) is 5.98. The van der Waals surface area contributed by atoms with Crippen molar-refractivity contribution in [1.29, 1.82) is 0 Å². The summed E-state index contributed by atoms with van der Waals surface area (Å²) < 4.78 is 24.7. The molecule has 118 valence electrons. The van der Waals surface area contributed by atoms with Crippen molar-refractivity contribution in [2.75, 3.05) is 26.4 Å². The standard InChI is InChI=1S/C13H27N3O3S/c1-13(2,14-3)12(17)16-10-6-5-7-11(16)8-9-15-20(4,18)19/h11,14-15H,5-10H2,1-4H3. The van der Waals surface area contributed by atoms with Gasteiger partial charge in [-0.1, -0.05) is 0 Å². The fraction of sp³-hybridized carbons (Fsp3) is 0.923. The lowest BCUT2D eigenvalue weighted by Gasteiger charge is -2.40. The molecule has 1 fully saturated rings. The monoisotopic (exact) mass is 305 g/mol. The first kappa shape index (κ1) is 17.4. The van der Waals surface area contributed by atoms with Gasteiger partial charge >= 0.3 is 0 Å². The minimum absolute atomic E-state index is 0.0871. The van der Waals surface area contributed by atoms with Gasteiger partial charge in [0, 0.05) is 19.1 Å². The minimum atomic E-state index is -3.16. The molecule has 1 saturated heterocycles. The highest BCUT2D eigenvalue weighted by molar-refractivity contribution is 7.88. The third kappa shape index (κ3) is 5.03. The molecular formula is C13H27N3O3S. The van der Waals surface area contributed by atoms with Gasteiger partial charge < -0.3 is 10.2 Å². The lowest BCUT2D eigenvalue weighted by molar-refractivity contribution is -0.140. The lowest BCUT2D eigenvalue weighted by Crippen LogP contribution is -2.57. The van der Waals surface area contributed by atoms with E-state index >= 15 is 0 Å². The van der Waals surface area contributed by atoms with Crippen molar-refractivity contribution in [2.45, 2.75) is 51.1 Å². The van der Waals surface area contributed by atoms with Gasteiger partial charge in [0.05, 0.1) is 11.8 Å². The molecule has 1 atom stereocenters. The Kier molecular flexibility index (Phi) is 5.97. The Morgan fingerprint density at radius 1 is 1.35 bits per heavy atom. The Morgan fingerprint density at radius 3 is 2.55 bits per heavy atom. The normalized spacial score (nSPS) is 21.0. The molecule has 0 aromatic carbocycles. The van der Waals surface area contributed by atoms with Crippen LogP contribution in [0.3, 0.4) is 0 Å². The van der Waals surface area contributed by atoms with E-state index in [0.717, 1.165) is 32.1 Å². The first-order chi connectivity index (χ1) is 9.17. The van der Waals surface area contributed by atoms with Crippen LogP contribution in [0.1, 0.15) is 39.5 Å². The Balaban J connectivity index is 2.65. The highest BCUT2D eigenvalue weighted by atomic mass is 32.2. The first-order valence-electron chi connectivity index (χ1n) is 7.12. The number of likely N-dealkylation sites (N-methyl/N-ethyl adjacent to an activating group) is 1. The maximum atomic E-state index is 12.5. The van der Waals surface area contributed by atoms with E-state index in [1.807, 2.05) is 18.7 Å². The van der Waals surface area contributed by atoms with Crippen molar-refractivity contribution in [3.8, 4) is 0 Å². The second kappa shape index (κ2) is 6.87. The van der Waals surface area contributed by atoms with E-state index in [1.54, 1.807) is 7.05 Å². The van der Waals surface area contributed by atoms with Gasteiger partial charge in [0.25, 0.3) is 0 Å². The molecule has 0 radical (unpaired) electrons. The Hall–Kier alpha value is -0.660. The summed E-state index contributed by atoms with van der Waals surface area (Å²) in [6, 6.07) is 0.123. The molecule has 20 heavy (non-hydrogen) atoms. The number of nitrogens with one attached hydrogen (secondary N) is 2. The predicted molar refractivity (Wildman–Crippen MR) is 80.0 cm³/mol. The van der Waals surface area contributed by atoms with Crippen LogP contribution in [0.25, 0.3) is 0 Å². The summed E-state index contributed by atoms with van der Waals surface area (Å²) in [5.41, 5.74) is -0.583. The maximum absolute atomic E-state index is 12.5. The molecule has 1 aliphatic heterocycles. The number of carbonyl (C=O) groups excluding carboxylic acids is 1. The number of likely N-dealkylation sites (tertiary alicyclic amines) is 1. The summed E-state index contributed by atoms with van der Waals surface area (Å²) in [7, 11) is -1.38. The van der Waals surface area contributed by atoms with Crippen molar-refractivity contribution >= 4 is 15.9 Å². The topological polar surface area (TPSA) is 78.5 Å². The lowest BCUT2D eigenvalue weighted by atomic mass is 9.95. The van der Waals surface area contributed by atoms with Gasteiger partial charge in [-0.15, -0.1) is 0 Å². The number of piperidine rings is 1. The van der Waals surface area contributed by atoms with E-state index < -0.39 is 15.6 Å². The summed E-state index contributed by atoms with van der Waals surface area (Å²) in [5, 5.41) is 3.04. The Labute approximate surface area is 122 Å². The van der Waals surface area contributed by atoms with Crippen molar-refractivity contribution in [1.82, 2.24) is 14.9 Å². The number of hydrogen-bond acceptors (Lipinski definition) is 4. The molecule has 0 bridgehead atoms. The van der Waals surface area contributed by atoms with Crippen LogP contribution in [-0.4, -0.2) is 57.2 Å². The second-order valence-corrected chi connectivity index (χ2v) is 7.81. The molecule has 2 N–H and O–H groups in total. The Bertz CT molecular complexity index is 434. The van der Waals surface area contributed by atoms with Crippen molar-refractivity contribution in [2.24, 2.45) is 0 Å². The molecule has 1 unspecified atom stereocenters. The molecule has 1 aliphatic rings. The molecule has 0 aliphatic carbocycles. The molecule has 0 saturated carbocycles. The molecule has 1 amide bonds. The minimum Gasteiger partial charge on any atom is -0.338 e. The zero-order chi connectivity index (χ0) is 15.4. The van der Waals surface area contributed by atoms with Crippen LogP contribution in [0.15, 0.2) is 0 Å². The molecule has 6 nitrogen and oxygen atoms in total. The van der Waals surface area contributed by atoms with E-state index in [1.165, 1.54) is 0 Å². The molecule has 1 heterocycles. The maximum Gasteiger partial charge on any atom is 0.242 e. The van der Waals surface area contributed by atoms with E-state index in [0.29, 0.717) is 13.0 Å². The van der Waals surface area contributed by atoms with Crippen LogP contribution in [-0.2, 0) is 14.8 Å². The summed E-state index contributed by atoms with van der Waals surface area (Å²) in [6.07, 6.45) is 4.87. The van der Waals surface area contributed by atoms with Gasteiger partial charge in [-0.25, -0.2) is 13.1 Å². The molecular weight excluding hydrogens is 278 g/mol. The number of nitrogens with zero attached hydrogens (tertiary/aromatic N) is 1. The molecule has 0 aromatic heterocycles. The first-order valence-corrected chi connectivity index (χ1v) is 9.01. The molecule has 0 aromatic rings. The number of amides is 1. The van der Waals surface area contributed by atoms with Crippen LogP contribution in [0.4, 0.5) is 0 Å². The van der Waals surface area contributed by atoms with Gasteiger partial charge in [0.15, 0.2) is 0 Å². The van der Waals surface area contributed by atoms with Crippen molar-refractivity contribution < 1.29 is 13.2 Å². The average molecular weight is 305 g/mol. The largest absolute Gasteiger partial charge is 0.338 e. The highest BCUT2D eigenvalue weighted by Crippen LogP contribution is 2.22. The quantitative estimate of drug-likeness (QED) is 0.740. The van der Waals surface area contributed by atoms with Crippen LogP contribution >= 0.6 is 0 Å². The fourth-order valence-corrected chi connectivity index (χ4v) is 2.93. The van der Waals surface area contributed by atoms with Gasteiger partial charge in [-0.2, -0.15) is 0 Å². The summed E-state index contributed by atoms with van der Waals surface area (Å²) in [4.78, 5) is 14.5. The summed E-state index contributed by atoms with van der Waals surface area (Å²) in [6.45, 7) is 4.88. The van der Waals surface area contributed by atoms with Gasteiger partial charge in [0.1, 0.15) is 0 Å². The predicted octanol–water partition coefficient (Wildman–Crippen LogP) is 0.305. The van der Waals surface area contributed by atoms with E-state index in [4.69, 9.17) is 0 Å². The molecule has 1 rings (SSSR count). The highest BCUT2D eigenvalue weighted by Gasteiger charge is 2.35. The smallest absolute Gasteiger partial charge is 0.242 e. The van der Waals surface area contributed by atoms with E-state index in [2.05, 4.69) is 10.0 Å². The van der Waals surface area contributed by atoms with Gasteiger partial charge in [0.2, 0.25) is 15.9 Å². The third-order valence-corrected chi connectivity index (χ3v) is 4.62. The van der Waals surface area contributed by atoms with Gasteiger partial charge in [-0.3, -0.25) is 4.79 Å². The third-order valence-electron chi connectivity index (χ3n) is 3.89. The SMILES string of the molecule is CNC(C)(C)C(=O)N1CCCCC1CCNS(C)(=O)=O. The van der Waals surface area contributed by atoms with Crippen LogP contribution in [0.2, 0.25) is 0 Å². The summed E-state index contributed by atoms with van der Waals surface area (Å²) >= 11 is 0. The van der Waals surface area contributed by atoms with Crippen LogP contribution in [0.5, 0.6) is 0 Å². The van der Waals surface area contributed by atoms with Crippen LogP contribution < -0.4 is 10.0 Å². The number of carbonyl (C=O) groups is 1. The number of rotatable bonds is 6. The van der Waals surface area contributed by atoms with Gasteiger partial charge in [-0.05, 0) is 46.6 Å². The molecule has 0 spiro atoms. The van der Waals surface area contributed by atoms with Crippen molar-refractivity contribution in [3.63, 3.8) is 0 Å². The number of sulfonamides is 1. The zero-order valence-electron chi connectivity index (χ0n) is 12.9. The van der Waals surface area contributed by atoms with Crippen molar-refractivity contribution in [3.05, 3.63) is 0 Å². The molecule has 7 heteroatoms. The average Bonchev–Trinajstić information content (AvgIpc) is 2.37. The van der Waals surface area contributed by atoms with E-state index in [9.17, 15) is 13.2 Å². The zero-order valence-corrected chi connectivity index (χ0v) is 13.7.